The van der Waals surface area contributed by atoms with Crippen LogP contribution in [0.5, 0.6) is 0 Å². The molecule has 288 valence electrons. The van der Waals surface area contributed by atoms with Crippen molar-refractivity contribution in [1.29, 1.82) is 0 Å². The fourth-order valence-electron chi connectivity index (χ4n) is 7.85. The van der Waals surface area contributed by atoms with Gasteiger partial charge in [-0.2, -0.15) is 0 Å². The Morgan fingerprint density at radius 3 is 1.29 bits per heavy atom. The van der Waals surface area contributed by atoms with Crippen molar-refractivity contribution in [2.75, 3.05) is 4.90 Å². The number of rotatable bonds is 9. The number of hydrogen-bond acceptors (Lipinski definition) is 5. The monoisotopic (exact) mass is 767 g/mol. The minimum atomic E-state index is 0.791. The quantitative estimate of drug-likeness (QED) is 0.146. The first-order valence-electron chi connectivity index (χ1n) is 20.0. The van der Waals surface area contributed by atoms with Crippen molar-refractivity contribution >= 4 is 17.1 Å². The summed E-state index contributed by atoms with van der Waals surface area (Å²) in [5.41, 5.74) is 17.7. The average molecular weight is 768 g/mol. The molecule has 0 radical (unpaired) electrons. The van der Waals surface area contributed by atoms with Crippen LogP contribution in [-0.4, -0.2) is 9.97 Å². The van der Waals surface area contributed by atoms with Crippen molar-refractivity contribution in [3.8, 4) is 67.4 Å². The molecule has 0 aliphatic rings. The van der Waals surface area contributed by atoms with Crippen molar-refractivity contribution in [2.45, 2.75) is 41.5 Å². The summed E-state index contributed by atoms with van der Waals surface area (Å²) >= 11 is 0. The van der Waals surface area contributed by atoms with Crippen molar-refractivity contribution in [2.24, 2.45) is 0 Å². The van der Waals surface area contributed by atoms with Crippen LogP contribution < -0.4 is 4.90 Å². The lowest BCUT2D eigenvalue weighted by molar-refractivity contribution is 0.548. The molecule has 0 saturated heterocycles. The van der Waals surface area contributed by atoms with E-state index < -0.39 is 0 Å². The van der Waals surface area contributed by atoms with Crippen LogP contribution in [0.15, 0.2) is 173 Å². The van der Waals surface area contributed by atoms with Gasteiger partial charge in [0, 0.05) is 51.7 Å². The van der Waals surface area contributed by atoms with Crippen molar-refractivity contribution in [3.05, 3.63) is 198 Å². The van der Waals surface area contributed by atoms with Crippen LogP contribution >= 0.6 is 0 Å². The van der Waals surface area contributed by atoms with Crippen LogP contribution in [0, 0.1) is 41.5 Å². The Morgan fingerprint density at radius 1 is 0.390 bits per heavy atom. The molecule has 0 atom stereocenters. The van der Waals surface area contributed by atoms with E-state index in [1.54, 1.807) is 0 Å². The number of aromatic nitrogens is 2. The van der Waals surface area contributed by atoms with E-state index in [9.17, 15) is 0 Å². The zero-order valence-electron chi connectivity index (χ0n) is 34.2. The molecule has 0 unspecified atom stereocenters. The Morgan fingerprint density at radius 2 is 0.847 bits per heavy atom. The van der Waals surface area contributed by atoms with E-state index in [1.807, 2.05) is 50.5 Å². The topological polar surface area (TPSA) is 55.3 Å². The molecular formula is C54H45N3O2. The van der Waals surface area contributed by atoms with Crippen LogP contribution in [-0.2, 0) is 0 Å². The van der Waals surface area contributed by atoms with Gasteiger partial charge in [0.1, 0.15) is 23.0 Å². The van der Waals surface area contributed by atoms with E-state index in [4.69, 9.17) is 18.8 Å². The van der Waals surface area contributed by atoms with Gasteiger partial charge in [0.25, 0.3) is 0 Å². The van der Waals surface area contributed by atoms with Crippen LogP contribution in [0.1, 0.15) is 33.8 Å². The second kappa shape index (κ2) is 15.6. The van der Waals surface area contributed by atoms with Gasteiger partial charge in [0.2, 0.25) is 0 Å². The van der Waals surface area contributed by atoms with E-state index in [2.05, 4.69) is 160 Å². The summed E-state index contributed by atoms with van der Waals surface area (Å²) < 4.78 is 12.6. The highest BCUT2D eigenvalue weighted by molar-refractivity contribution is 5.89. The van der Waals surface area contributed by atoms with E-state index in [-0.39, 0.29) is 0 Å². The molecule has 0 bridgehead atoms. The smallest absolute Gasteiger partial charge is 0.134 e. The Kier molecular flexibility index (Phi) is 9.87. The molecule has 0 fully saturated rings. The fraction of sp³-hybridized carbons (Fsp3) is 0.111. The third kappa shape index (κ3) is 7.63. The second-order valence-corrected chi connectivity index (χ2v) is 15.5. The highest BCUT2D eigenvalue weighted by Gasteiger charge is 2.22. The molecule has 9 aromatic rings. The number of furan rings is 2. The molecule has 4 heterocycles. The summed E-state index contributed by atoms with van der Waals surface area (Å²) in [6.07, 6.45) is 3.95. The molecule has 5 heteroatoms. The summed E-state index contributed by atoms with van der Waals surface area (Å²) in [7, 11) is 0. The number of nitrogens with zero attached hydrogens (tertiary/aromatic N) is 3. The zero-order chi connectivity index (χ0) is 40.6. The van der Waals surface area contributed by atoms with E-state index >= 15 is 0 Å². The Hall–Kier alpha value is -7.24. The highest BCUT2D eigenvalue weighted by atomic mass is 16.3. The second-order valence-electron chi connectivity index (χ2n) is 15.5. The summed E-state index contributed by atoms with van der Waals surface area (Å²) in [5, 5.41) is 0. The molecule has 0 saturated carbocycles. The molecule has 0 aliphatic heterocycles. The SMILES string of the molecule is Cc1ccc(C)c(N(c2cc(-c3cc(-c4ccccc4)c(C)cn3)cc(-c3ccc(C)o3)c2)c2cc(-c3cc(-c4ccccc4)c(C)cn3)cc(-c3ccc(C)o3)c2)c1. The number of anilines is 3. The third-order valence-corrected chi connectivity index (χ3v) is 11.0. The number of pyridine rings is 2. The van der Waals surface area contributed by atoms with Gasteiger partial charge in [0.15, 0.2) is 0 Å². The molecule has 0 N–H and O–H groups in total. The van der Waals surface area contributed by atoms with Gasteiger partial charge in [-0.05, 0) is 165 Å². The average Bonchev–Trinajstić information content (AvgIpc) is 3.91. The van der Waals surface area contributed by atoms with Crippen LogP contribution in [0.4, 0.5) is 17.1 Å². The van der Waals surface area contributed by atoms with Gasteiger partial charge in [-0.3, -0.25) is 9.97 Å². The first kappa shape index (κ1) is 37.3. The number of aryl methyl sites for hydroxylation is 6. The van der Waals surface area contributed by atoms with Gasteiger partial charge in [0.05, 0.1) is 11.4 Å². The minimum absolute atomic E-state index is 0.791. The van der Waals surface area contributed by atoms with Gasteiger partial charge in [-0.1, -0.05) is 72.8 Å². The molecule has 5 aromatic carbocycles. The lowest BCUT2D eigenvalue weighted by atomic mass is 9.96. The number of benzene rings is 5. The predicted octanol–water partition coefficient (Wildman–Crippen LogP) is 15.0. The Bertz CT molecular complexity index is 2780. The molecule has 0 amide bonds. The normalized spacial score (nSPS) is 11.2. The molecule has 9 rings (SSSR count). The Labute approximate surface area is 346 Å². The van der Waals surface area contributed by atoms with Gasteiger partial charge < -0.3 is 13.7 Å². The molecule has 5 nitrogen and oxygen atoms in total. The summed E-state index contributed by atoms with van der Waals surface area (Å²) in [6, 6.07) is 53.5. The zero-order valence-corrected chi connectivity index (χ0v) is 34.2. The lowest BCUT2D eigenvalue weighted by Crippen LogP contribution is -2.12. The molecule has 0 aliphatic carbocycles. The maximum absolute atomic E-state index is 6.32. The first-order valence-corrected chi connectivity index (χ1v) is 20.0. The highest BCUT2D eigenvalue weighted by Crippen LogP contribution is 2.44. The molecule has 4 aromatic heterocycles. The largest absolute Gasteiger partial charge is 0.461 e. The standard InChI is InChI=1S/C54H45N3O2/c1-34-17-18-35(2)52(23-34)57(46-26-42(24-44(28-46)53-21-19-38(5)58-53)50-30-48(36(3)32-55-50)40-13-9-7-10-14-40)47-27-43(25-45(29-47)54-22-20-39(6)59-54)51-31-49(37(4)33-56-51)41-15-11-8-12-16-41/h7-33H,1-6H3. The maximum Gasteiger partial charge on any atom is 0.134 e. The lowest BCUT2D eigenvalue weighted by Gasteiger charge is -2.29. The van der Waals surface area contributed by atoms with Crippen LogP contribution in [0.2, 0.25) is 0 Å². The summed E-state index contributed by atoms with van der Waals surface area (Å²) in [5.74, 6) is 3.29. The van der Waals surface area contributed by atoms with Crippen LogP contribution in [0.25, 0.3) is 67.4 Å². The van der Waals surface area contributed by atoms with Crippen molar-refractivity contribution in [1.82, 2.24) is 9.97 Å². The van der Waals surface area contributed by atoms with E-state index in [0.717, 1.165) is 118 Å². The van der Waals surface area contributed by atoms with Gasteiger partial charge >= 0.3 is 0 Å². The minimum Gasteiger partial charge on any atom is -0.461 e. The number of hydrogen-bond donors (Lipinski definition) is 0. The Balaban J connectivity index is 1.30. The van der Waals surface area contributed by atoms with E-state index in [0.29, 0.717) is 0 Å². The van der Waals surface area contributed by atoms with Gasteiger partial charge in [-0.25, -0.2) is 0 Å². The molecule has 59 heavy (non-hydrogen) atoms. The molecular weight excluding hydrogens is 723 g/mol. The summed E-state index contributed by atoms with van der Waals surface area (Å²) in [4.78, 5) is 12.4. The predicted molar refractivity (Wildman–Crippen MR) is 242 cm³/mol. The summed E-state index contributed by atoms with van der Waals surface area (Å²) in [6.45, 7) is 12.5. The third-order valence-electron chi connectivity index (χ3n) is 11.0. The van der Waals surface area contributed by atoms with Crippen molar-refractivity contribution in [3.63, 3.8) is 0 Å². The van der Waals surface area contributed by atoms with Crippen LogP contribution in [0.3, 0.4) is 0 Å². The van der Waals surface area contributed by atoms with E-state index in [1.165, 1.54) is 0 Å². The fourth-order valence-corrected chi connectivity index (χ4v) is 7.85. The van der Waals surface area contributed by atoms with Gasteiger partial charge in [-0.15, -0.1) is 0 Å². The maximum atomic E-state index is 6.32. The van der Waals surface area contributed by atoms with Crippen molar-refractivity contribution < 1.29 is 8.83 Å². The molecule has 0 spiro atoms. The first-order chi connectivity index (χ1) is 28.7.